The Morgan fingerprint density at radius 1 is 1.31 bits per heavy atom. The molecule has 0 radical (unpaired) electrons. The highest BCUT2D eigenvalue weighted by molar-refractivity contribution is 7.99. The number of hydrogen-bond acceptors (Lipinski definition) is 5. The minimum atomic E-state index is -0.256. The normalized spacial score (nSPS) is 13.4. The Hall–Kier alpha value is -2.28. The fourth-order valence-electron chi connectivity index (χ4n) is 2.70. The fourth-order valence-corrected chi connectivity index (χ4v) is 3.58. The summed E-state index contributed by atoms with van der Waals surface area (Å²) >= 11 is 1.46. The second-order valence-corrected chi connectivity index (χ2v) is 7.15. The summed E-state index contributed by atoms with van der Waals surface area (Å²) < 4.78 is 6.83. The predicted octanol–water partition coefficient (Wildman–Crippen LogP) is 3.05. The van der Waals surface area contributed by atoms with Crippen molar-refractivity contribution in [2.24, 2.45) is 0 Å². The number of carbonyl (C=O) groups is 2. The number of hydrogen-bond donors (Lipinski definition) is 1. The Balaban J connectivity index is 1.54. The molecule has 0 atom stereocenters. The summed E-state index contributed by atoms with van der Waals surface area (Å²) in [7, 11) is 1.36. The number of nitrogens with zero attached hydrogens (tertiary/aromatic N) is 2. The van der Waals surface area contributed by atoms with Crippen LogP contribution in [0.2, 0.25) is 0 Å². The van der Waals surface area contributed by atoms with Gasteiger partial charge in [-0.05, 0) is 24.8 Å². The van der Waals surface area contributed by atoms with Crippen LogP contribution < -0.4 is 5.32 Å². The number of esters is 1. The lowest BCUT2D eigenvalue weighted by atomic mass is 10.2. The number of rotatable bonds is 9. The molecule has 0 unspecified atom stereocenters. The molecule has 1 aromatic carbocycles. The molecule has 138 valence electrons. The summed E-state index contributed by atoms with van der Waals surface area (Å²) in [6.07, 6.45) is 5.10. The van der Waals surface area contributed by atoms with Gasteiger partial charge in [-0.15, -0.1) is 0 Å². The first-order valence-corrected chi connectivity index (χ1v) is 9.76. The summed E-state index contributed by atoms with van der Waals surface area (Å²) in [6, 6.07) is 10.7. The average molecular weight is 373 g/mol. The quantitative estimate of drug-likeness (QED) is 0.415. The predicted molar refractivity (Wildman–Crippen MR) is 101 cm³/mol. The van der Waals surface area contributed by atoms with Crippen LogP contribution in [0.3, 0.4) is 0 Å². The number of thioether (sulfide) groups is 1. The van der Waals surface area contributed by atoms with Crippen molar-refractivity contribution in [3.8, 4) is 11.3 Å². The van der Waals surface area contributed by atoms with Crippen LogP contribution in [0.25, 0.3) is 11.3 Å². The monoisotopic (exact) mass is 373 g/mol. The molecule has 0 saturated heterocycles. The maximum Gasteiger partial charge on any atom is 0.305 e. The first-order chi connectivity index (χ1) is 12.7. The fraction of sp³-hybridized carbons (Fsp3) is 0.421. The first kappa shape index (κ1) is 18.5. The van der Waals surface area contributed by atoms with Crippen molar-refractivity contribution in [1.29, 1.82) is 0 Å². The summed E-state index contributed by atoms with van der Waals surface area (Å²) in [4.78, 5) is 27.6. The molecule has 1 saturated carbocycles. The van der Waals surface area contributed by atoms with E-state index in [0.717, 1.165) is 29.3 Å². The molecule has 1 N–H and O–H groups in total. The van der Waals surface area contributed by atoms with Crippen LogP contribution in [0.5, 0.6) is 0 Å². The van der Waals surface area contributed by atoms with E-state index < -0.39 is 0 Å². The van der Waals surface area contributed by atoms with Crippen LogP contribution in [-0.4, -0.2) is 40.8 Å². The second kappa shape index (κ2) is 8.89. The van der Waals surface area contributed by atoms with Crippen molar-refractivity contribution in [3.63, 3.8) is 0 Å². The third-order valence-corrected chi connectivity index (χ3v) is 5.15. The lowest BCUT2D eigenvalue weighted by molar-refractivity contribution is -0.140. The zero-order valence-corrected chi connectivity index (χ0v) is 15.6. The van der Waals surface area contributed by atoms with Gasteiger partial charge in [0.25, 0.3) is 0 Å². The zero-order chi connectivity index (χ0) is 18.4. The average Bonchev–Trinajstić information content (AvgIpc) is 3.43. The molecule has 6 nitrogen and oxygen atoms in total. The van der Waals surface area contributed by atoms with Crippen LogP contribution in [0, 0.1) is 0 Å². The molecule has 1 aromatic heterocycles. The Morgan fingerprint density at radius 2 is 2.08 bits per heavy atom. The first-order valence-electron chi connectivity index (χ1n) is 8.78. The molecule has 1 aliphatic rings. The minimum absolute atomic E-state index is 0.0496. The molecule has 0 aliphatic heterocycles. The van der Waals surface area contributed by atoms with Gasteiger partial charge in [0.1, 0.15) is 0 Å². The largest absolute Gasteiger partial charge is 0.469 e. The van der Waals surface area contributed by atoms with Crippen molar-refractivity contribution >= 4 is 23.6 Å². The van der Waals surface area contributed by atoms with E-state index in [-0.39, 0.29) is 11.9 Å². The number of benzene rings is 1. The van der Waals surface area contributed by atoms with Gasteiger partial charge >= 0.3 is 5.97 Å². The molecule has 1 fully saturated rings. The van der Waals surface area contributed by atoms with E-state index in [9.17, 15) is 9.59 Å². The van der Waals surface area contributed by atoms with Crippen molar-refractivity contribution < 1.29 is 14.3 Å². The lowest BCUT2D eigenvalue weighted by Crippen LogP contribution is -2.26. The number of nitrogens with one attached hydrogen (secondary N) is 1. The summed E-state index contributed by atoms with van der Waals surface area (Å²) in [5, 5.41) is 3.72. The Labute approximate surface area is 157 Å². The van der Waals surface area contributed by atoms with Gasteiger partial charge < -0.3 is 14.6 Å². The number of aromatic nitrogens is 2. The second-order valence-electron chi connectivity index (χ2n) is 6.21. The third-order valence-electron chi connectivity index (χ3n) is 4.18. The Kier molecular flexibility index (Phi) is 6.33. The standard InChI is InChI=1S/C19H23N3O3S/c1-25-18(24)8-5-11-20-17(23)13-26-19-21-12-16(22(19)15-9-10-15)14-6-3-2-4-7-14/h2-4,6-7,12,15H,5,8-11,13H2,1H3,(H,20,23). The maximum atomic E-state index is 12.0. The smallest absolute Gasteiger partial charge is 0.305 e. The number of amides is 1. The van der Waals surface area contributed by atoms with Gasteiger partial charge in [-0.25, -0.2) is 4.98 Å². The van der Waals surface area contributed by atoms with Crippen molar-refractivity contribution in [1.82, 2.24) is 14.9 Å². The highest BCUT2D eigenvalue weighted by atomic mass is 32.2. The van der Waals surface area contributed by atoms with Crippen LogP contribution in [0.4, 0.5) is 0 Å². The summed E-state index contributed by atoms with van der Waals surface area (Å²) in [6.45, 7) is 0.473. The van der Waals surface area contributed by atoms with Crippen molar-refractivity contribution in [3.05, 3.63) is 36.5 Å². The highest BCUT2D eigenvalue weighted by Gasteiger charge is 2.29. The van der Waals surface area contributed by atoms with Gasteiger partial charge in [-0.2, -0.15) is 0 Å². The van der Waals surface area contributed by atoms with E-state index in [1.807, 2.05) is 24.4 Å². The van der Waals surface area contributed by atoms with Crippen LogP contribution in [0.1, 0.15) is 31.7 Å². The van der Waals surface area contributed by atoms with Gasteiger partial charge in [0.05, 0.1) is 24.8 Å². The molecule has 7 heteroatoms. The van der Waals surface area contributed by atoms with Gasteiger partial charge in [0.2, 0.25) is 5.91 Å². The van der Waals surface area contributed by atoms with Crippen molar-refractivity contribution in [2.75, 3.05) is 19.4 Å². The lowest BCUT2D eigenvalue weighted by Gasteiger charge is -2.11. The van der Waals surface area contributed by atoms with Gasteiger partial charge in [0, 0.05) is 19.0 Å². The molecule has 0 spiro atoms. The molecule has 1 amide bonds. The third kappa shape index (κ3) is 4.88. The summed E-state index contributed by atoms with van der Waals surface area (Å²) in [5.74, 6) is 0.0101. The van der Waals surface area contributed by atoms with Crippen LogP contribution in [0.15, 0.2) is 41.7 Å². The molecule has 0 bridgehead atoms. The van der Waals surface area contributed by atoms with E-state index in [1.54, 1.807) is 0 Å². The number of ether oxygens (including phenoxy) is 1. The molecular weight excluding hydrogens is 350 g/mol. The molecule has 2 aromatic rings. The van der Waals surface area contributed by atoms with Gasteiger partial charge in [0.15, 0.2) is 5.16 Å². The number of imidazole rings is 1. The topological polar surface area (TPSA) is 73.2 Å². The molecule has 1 aliphatic carbocycles. The Bertz CT molecular complexity index is 757. The van der Waals surface area contributed by atoms with E-state index >= 15 is 0 Å². The zero-order valence-electron chi connectivity index (χ0n) is 14.8. The van der Waals surface area contributed by atoms with E-state index in [1.165, 1.54) is 18.9 Å². The van der Waals surface area contributed by atoms with Crippen LogP contribution in [-0.2, 0) is 14.3 Å². The Morgan fingerprint density at radius 3 is 2.77 bits per heavy atom. The molecule has 26 heavy (non-hydrogen) atoms. The minimum Gasteiger partial charge on any atom is -0.469 e. The summed E-state index contributed by atoms with van der Waals surface area (Å²) in [5.41, 5.74) is 2.25. The van der Waals surface area contributed by atoms with Crippen LogP contribution >= 0.6 is 11.8 Å². The number of carbonyl (C=O) groups excluding carboxylic acids is 2. The highest BCUT2D eigenvalue weighted by Crippen LogP contribution is 2.41. The SMILES string of the molecule is COC(=O)CCCNC(=O)CSc1ncc(-c2ccccc2)n1C1CC1. The molecule has 3 rings (SSSR count). The van der Waals surface area contributed by atoms with E-state index in [2.05, 4.69) is 31.7 Å². The number of methoxy groups -OCH3 is 1. The van der Waals surface area contributed by atoms with E-state index in [4.69, 9.17) is 0 Å². The molecular formula is C19H23N3O3S. The van der Waals surface area contributed by atoms with E-state index in [0.29, 0.717) is 31.2 Å². The maximum absolute atomic E-state index is 12.0. The van der Waals surface area contributed by atoms with Gasteiger partial charge in [-0.3, -0.25) is 9.59 Å². The van der Waals surface area contributed by atoms with Gasteiger partial charge in [-0.1, -0.05) is 42.1 Å². The van der Waals surface area contributed by atoms with Crippen molar-refractivity contribution in [2.45, 2.75) is 36.9 Å². The molecule has 1 heterocycles.